The van der Waals surface area contributed by atoms with Crippen LogP contribution in [0.15, 0.2) is 18.5 Å². The van der Waals surface area contributed by atoms with Gasteiger partial charge < -0.3 is 4.57 Å². The molecule has 2 aromatic rings. The number of halogens is 1. The predicted molar refractivity (Wildman–Crippen MR) is 64.8 cm³/mol. The number of aromatic nitrogens is 3. The van der Waals surface area contributed by atoms with Crippen molar-refractivity contribution in [1.82, 2.24) is 14.5 Å². The number of pyridine rings is 1. The fourth-order valence-electron chi connectivity index (χ4n) is 2.29. The summed E-state index contributed by atoms with van der Waals surface area (Å²) in [5.74, 6) is 2.49. The molecule has 1 aliphatic carbocycles. The molecule has 4 heteroatoms. The van der Waals surface area contributed by atoms with Crippen molar-refractivity contribution in [2.45, 2.75) is 25.8 Å². The Hall–Kier alpha value is -1.09. The highest BCUT2D eigenvalue weighted by Crippen LogP contribution is 2.45. The van der Waals surface area contributed by atoms with Gasteiger partial charge in [-0.2, -0.15) is 0 Å². The van der Waals surface area contributed by atoms with Crippen molar-refractivity contribution in [2.24, 2.45) is 5.92 Å². The van der Waals surface area contributed by atoms with Crippen molar-refractivity contribution >= 4 is 22.6 Å². The van der Waals surface area contributed by atoms with Crippen LogP contribution in [0.1, 0.15) is 25.2 Å². The molecule has 2 aromatic heterocycles. The Bertz CT molecular complexity index is 520. The third kappa shape index (κ3) is 1.50. The second kappa shape index (κ2) is 3.74. The minimum absolute atomic E-state index is 0.616. The molecule has 2 heterocycles. The van der Waals surface area contributed by atoms with Crippen LogP contribution in [-0.2, 0) is 6.42 Å². The van der Waals surface area contributed by atoms with E-state index in [0.29, 0.717) is 11.9 Å². The molecule has 1 aliphatic rings. The third-order valence-electron chi connectivity index (χ3n) is 3.28. The van der Waals surface area contributed by atoms with Crippen molar-refractivity contribution in [2.75, 3.05) is 5.88 Å². The number of hydrogen-bond donors (Lipinski definition) is 0. The van der Waals surface area contributed by atoms with Crippen LogP contribution >= 0.6 is 11.6 Å². The van der Waals surface area contributed by atoms with Gasteiger partial charge in [-0.1, -0.05) is 6.92 Å². The van der Waals surface area contributed by atoms with Gasteiger partial charge in [0.1, 0.15) is 11.3 Å². The Morgan fingerprint density at radius 3 is 3.06 bits per heavy atom. The molecule has 3 rings (SSSR count). The first-order chi connectivity index (χ1) is 7.81. The summed E-state index contributed by atoms with van der Waals surface area (Å²) >= 11 is 5.83. The van der Waals surface area contributed by atoms with Gasteiger partial charge in [-0.3, -0.25) is 4.98 Å². The number of aryl methyl sites for hydroxylation is 1. The topological polar surface area (TPSA) is 30.7 Å². The molecule has 0 bridgehead atoms. The molecule has 2 unspecified atom stereocenters. The van der Waals surface area contributed by atoms with Gasteiger partial charge in [0.05, 0.1) is 11.7 Å². The maximum atomic E-state index is 5.83. The summed E-state index contributed by atoms with van der Waals surface area (Å²) in [6, 6.07) is 2.66. The summed E-state index contributed by atoms with van der Waals surface area (Å²) in [6.07, 6.45) is 5.75. The molecule has 0 radical (unpaired) electrons. The molecule has 1 saturated carbocycles. The zero-order valence-electron chi connectivity index (χ0n) is 9.23. The lowest BCUT2D eigenvalue weighted by atomic mass is 10.3. The van der Waals surface area contributed by atoms with Crippen LogP contribution < -0.4 is 0 Å². The van der Waals surface area contributed by atoms with Crippen LogP contribution in [0.25, 0.3) is 11.0 Å². The van der Waals surface area contributed by atoms with Gasteiger partial charge in [-0.15, -0.1) is 11.6 Å². The lowest BCUT2D eigenvalue weighted by molar-refractivity contribution is 0.665. The predicted octanol–water partition coefficient (Wildman–Crippen LogP) is 2.79. The smallest absolute Gasteiger partial charge is 0.111 e. The Kier molecular flexibility index (Phi) is 2.36. The highest BCUT2D eigenvalue weighted by molar-refractivity contribution is 6.17. The minimum Gasteiger partial charge on any atom is -0.324 e. The van der Waals surface area contributed by atoms with E-state index >= 15 is 0 Å². The van der Waals surface area contributed by atoms with E-state index < -0.39 is 0 Å². The van der Waals surface area contributed by atoms with Crippen molar-refractivity contribution < 1.29 is 0 Å². The fraction of sp³-hybridized carbons (Fsp3) is 0.500. The van der Waals surface area contributed by atoms with E-state index in [-0.39, 0.29) is 0 Å². The summed E-state index contributed by atoms with van der Waals surface area (Å²) in [7, 11) is 0. The van der Waals surface area contributed by atoms with Gasteiger partial charge in [0.2, 0.25) is 0 Å². The van der Waals surface area contributed by atoms with Crippen molar-refractivity contribution in [3.05, 3.63) is 24.3 Å². The van der Waals surface area contributed by atoms with Crippen LogP contribution in [0.3, 0.4) is 0 Å². The third-order valence-corrected chi connectivity index (χ3v) is 3.47. The molecule has 3 nitrogen and oxygen atoms in total. The van der Waals surface area contributed by atoms with Crippen LogP contribution in [-0.4, -0.2) is 20.4 Å². The molecule has 0 amide bonds. The zero-order chi connectivity index (χ0) is 11.1. The number of alkyl halides is 1. The lowest BCUT2D eigenvalue weighted by Crippen LogP contribution is -2.03. The molecule has 1 fully saturated rings. The van der Waals surface area contributed by atoms with Crippen LogP contribution in [0, 0.1) is 5.92 Å². The maximum Gasteiger partial charge on any atom is 0.111 e. The SMILES string of the molecule is CC1CC1n1c(CCCl)nc2cnccc21. The van der Waals surface area contributed by atoms with E-state index in [2.05, 4.69) is 21.5 Å². The monoisotopic (exact) mass is 235 g/mol. The second-order valence-electron chi connectivity index (χ2n) is 4.48. The molecule has 0 aliphatic heterocycles. The lowest BCUT2D eigenvalue weighted by Gasteiger charge is -2.06. The van der Waals surface area contributed by atoms with Crippen molar-refractivity contribution in [1.29, 1.82) is 0 Å². The molecular weight excluding hydrogens is 222 g/mol. The molecular formula is C12H14ClN3. The summed E-state index contributed by atoms with van der Waals surface area (Å²) in [6.45, 7) is 2.28. The maximum absolute atomic E-state index is 5.83. The van der Waals surface area contributed by atoms with E-state index in [1.807, 2.05) is 18.5 Å². The van der Waals surface area contributed by atoms with E-state index in [4.69, 9.17) is 11.6 Å². The van der Waals surface area contributed by atoms with Crippen LogP contribution in [0.2, 0.25) is 0 Å². The Balaban J connectivity index is 2.16. The largest absolute Gasteiger partial charge is 0.324 e. The van der Waals surface area contributed by atoms with Gasteiger partial charge >= 0.3 is 0 Å². The van der Waals surface area contributed by atoms with Gasteiger partial charge in [-0.05, 0) is 18.4 Å². The highest BCUT2D eigenvalue weighted by atomic mass is 35.5. The summed E-state index contributed by atoms with van der Waals surface area (Å²) in [4.78, 5) is 8.73. The molecule has 2 atom stereocenters. The number of rotatable bonds is 3. The number of nitrogens with zero attached hydrogens (tertiary/aromatic N) is 3. The molecule has 0 saturated heterocycles. The Morgan fingerprint density at radius 1 is 1.56 bits per heavy atom. The Labute approximate surface area is 99.5 Å². The first-order valence-electron chi connectivity index (χ1n) is 5.68. The van der Waals surface area contributed by atoms with E-state index in [0.717, 1.165) is 23.7 Å². The van der Waals surface area contributed by atoms with E-state index in [1.54, 1.807) is 0 Å². The molecule has 0 spiro atoms. The summed E-state index contributed by atoms with van der Waals surface area (Å²) in [5.41, 5.74) is 2.19. The van der Waals surface area contributed by atoms with Gasteiger partial charge in [0.25, 0.3) is 0 Å². The van der Waals surface area contributed by atoms with Crippen LogP contribution in [0.5, 0.6) is 0 Å². The first kappa shape index (κ1) is 10.1. The highest BCUT2D eigenvalue weighted by Gasteiger charge is 2.36. The quantitative estimate of drug-likeness (QED) is 0.766. The van der Waals surface area contributed by atoms with Crippen LogP contribution in [0.4, 0.5) is 0 Å². The van der Waals surface area contributed by atoms with Crippen molar-refractivity contribution in [3.8, 4) is 0 Å². The zero-order valence-corrected chi connectivity index (χ0v) is 9.98. The van der Waals surface area contributed by atoms with Crippen molar-refractivity contribution in [3.63, 3.8) is 0 Å². The minimum atomic E-state index is 0.616. The summed E-state index contributed by atoms with van der Waals surface area (Å²) < 4.78 is 2.35. The number of imidazole rings is 1. The molecule has 16 heavy (non-hydrogen) atoms. The average molecular weight is 236 g/mol. The van der Waals surface area contributed by atoms with Gasteiger partial charge in [0.15, 0.2) is 0 Å². The van der Waals surface area contributed by atoms with Gasteiger partial charge in [-0.25, -0.2) is 4.98 Å². The first-order valence-corrected chi connectivity index (χ1v) is 6.21. The molecule has 84 valence electrons. The number of fused-ring (bicyclic) bond motifs is 1. The second-order valence-corrected chi connectivity index (χ2v) is 4.86. The molecule has 0 N–H and O–H groups in total. The van der Waals surface area contributed by atoms with Gasteiger partial charge in [0, 0.05) is 24.5 Å². The molecule has 0 aromatic carbocycles. The summed E-state index contributed by atoms with van der Waals surface area (Å²) in [5, 5.41) is 0. The standard InChI is InChI=1S/C12H14ClN3/c1-8-6-11(8)16-10-3-5-14-7-9(10)15-12(16)2-4-13/h3,5,7-8,11H,2,4,6H2,1H3. The number of hydrogen-bond acceptors (Lipinski definition) is 2. The Morgan fingerprint density at radius 2 is 2.38 bits per heavy atom. The average Bonchev–Trinajstić information content (AvgIpc) is 2.89. The fourth-order valence-corrected chi connectivity index (χ4v) is 2.46. The normalized spacial score (nSPS) is 23.9. The van der Waals surface area contributed by atoms with E-state index in [1.165, 1.54) is 11.9 Å². The van der Waals surface area contributed by atoms with E-state index in [9.17, 15) is 0 Å².